The highest BCUT2D eigenvalue weighted by atomic mass is 32.1. The summed E-state index contributed by atoms with van der Waals surface area (Å²) < 4.78 is 27.4. The maximum atomic E-state index is 13.7. The molecule has 2 aliphatic rings. The van der Waals surface area contributed by atoms with Crippen LogP contribution in [0.25, 0.3) is 22.0 Å². The quantitative estimate of drug-likeness (QED) is 0.510. The molecule has 1 atom stereocenters. The molecule has 2 aliphatic heterocycles. The molecule has 10 heteroatoms. The number of fused-ring (bicyclic) bond motifs is 2. The summed E-state index contributed by atoms with van der Waals surface area (Å²) in [5.41, 5.74) is 4.36. The summed E-state index contributed by atoms with van der Waals surface area (Å²) in [7, 11) is 0. The molecule has 0 radical (unpaired) electrons. The van der Waals surface area contributed by atoms with Crippen molar-refractivity contribution < 1.29 is 23.2 Å². The van der Waals surface area contributed by atoms with Crippen LogP contribution in [-0.4, -0.2) is 52.5 Å². The van der Waals surface area contributed by atoms with E-state index in [9.17, 15) is 23.2 Å². The maximum Gasteiger partial charge on any atom is 0.268 e. The van der Waals surface area contributed by atoms with E-state index in [1.165, 1.54) is 6.20 Å². The monoisotopic (exact) mass is 522 g/mol. The van der Waals surface area contributed by atoms with Crippen molar-refractivity contribution in [1.82, 2.24) is 15.2 Å². The number of pyridine rings is 1. The van der Waals surface area contributed by atoms with Crippen molar-refractivity contribution in [2.24, 2.45) is 0 Å². The van der Waals surface area contributed by atoms with E-state index in [0.717, 1.165) is 28.0 Å². The van der Waals surface area contributed by atoms with Gasteiger partial charge in [0.25, 0.3) is 11.8 Å². The highest BCUT2D eigenvalue weighted by Gasteiger charge is 2.47. The Hall–Kier alpha value is -3.84. The Morgan fingerprint density at radius 3 is 2.68 bits per heavy atom. The summed E-state index contributed by atoms with van der Waals surface area (Å²) in [5, 5.41) is 12.6. The van der Waals surface area contributed by atoms with Gasteiger partial charge in [-0.2, -0.15) is 18.8 Å². The van der Waals surface area contributed by atoms with Crippen LogP contribution in [0.3, 0.4) is 0 Å². The van der Waals surface area contributed by atoms with Crippen LogP contribution in [0.15, 0.2) is 48.7 Å². The predicted molar refractivity (Wildman–Crippen MR) is 138 cm³/mol. The van der Waals surface area contributed by atoms with Gasteiger partial charge in [-0.05, 0) is 47.4 Å². The number of benzene rings is 2. The second-order valence-corrected chi connectivity index (χ2v) is 9.12. The van der Waals surface area contributed by atoms with E-state index in [4.69, 9.17) is 5.26 Å². The van der Waals surface area contributed by atoms with Crippen LogP contribution in [0, 0.1) is 11.3 Å². The second-order valence-electron chi connectivity index (χ2n) is 9.12. The second kappa shape index (κ2) is 10.3. The highest BCUT2D eigenvalue weighted by Crippen LogP contribution is 2.33. The molecule has 7 nitrogen and oxygen atoms in total. The highest BCUT2D eigenvalue weighted by molar-refractivity contribution is 7.59. The van der Waals surface area contributed by atoms with Gasteiger partial charge in [0.2, 0.25) is 5.91 Å². The number of rotatable bonds is 5. The molecule has 0 unspecified atom stereocenters. The number of nitrogens with one attached hydrogen (secondary N) is 1. The van der Waals surface area contributed by atoms with Gasteiger partial charge in [-0.3, -0.25) is 19.4 Å². The molecule has 0 spiro atoms. The first-order valence-electron chi connectivity index (χ1n) is 11.7. The van der Waals surface area contributed by atoms with Gasteiger partial charge >= 0.3 is 0 Å². The van der Waals surface area contributed by atoms with Crippen molar-refractivity contribution in [3.05, 3.63) is 65.4 Å². The number of hydrogen-bond donors (Lipinski definition) is 1. The third kappa shape index (κ3) is 5.18. The summed E-state index contributed by atoms with van der Waals surface area (Å²) in [6.45, 7) is -0.222. The third-order valence-electron chi connectivity index (χ3n) is 6.71. The Balaban J connectivity index is 0.00000320. The molecule has 190 valence electrons. The van der Waals surface area contributed by atoms with Crippen LogP contribution >= 0.6 is 13.5 Å². The Labute approximate surface area is 218 Å². The Morgan fingerprint density at radius 2 is 1.89 bits per heavy atom. The van der Waals surface area contributed by atoms with Crippen LogP contribution in [0.5, 0.6) is 0 Å². The van der Waals surface area contributed by atoms with Gasteiger partial charge in [0.15, 0.2) is 5.78 Å². The van der Waals surface area contributed by atoms with Gasteiger partial charge in [0.05, 0.1) is 18.1 Å². The lowest BCUT2D eigenvalue weighted by molar-refractivity contribution is -0.132. The van der Waals surface area contributed by atoms with Gasteiger partial charge in [-0.25, -0.2) is 8.78 Å². The van der Waals surface area contributed by atoms with Crippen LogP contribution in [0.2, 0.25) is 0 Å². The normalized spacial score (nSPS) is 17.9. The van der Waals surface area contributed by atoms with E-state index in [-0.39, 0.29) is 38.0 Å². The van der Waals surface area contributed by atoms with Gasteiger partial charge in [-0.15, -0.1) is 0 Å². The minimum atomic E-state index is -3.10. The zero-order valence-corrected chi connectivity index (χ0v) is 20.8. The van der Waals surface area contributed by atoms with E-state index in [2.05, 4.69) is 10.3 Å². The van der Waals surface area contributed by atoms with Crippen LogP contribution < -0.4 is 5.32 Å². The van der Waals surface area contributed by atoms with Crippen molar-refractivity contribution in [3.8, 4) is 17.2 Å². The summed E-state index contributed by atoms with van der Waals surface area (Å²) in [4.78, 5) is 42.9. The molecular formula is C27H24F2N4O3S. The fourth-order valence-electron chi connectivity index (χ4n) is 4.87. The number of carbonyl (C=O) groups is 3. The molecule has 3 aromatic rings. The summed E-state index contributed by atoms with van der Waals surface area (Å²) in [6, 6.07) is 13.3. The van der Waals surface area contributed by atoms with Crippen molar-refractivity contribution in [2.75, 3.05) is 13.1 Å². The topological polar surface area (TPSA) is 103 Å². The number of amides is 2. The van der Waals surface area contributed by atoms with Crippen molar-refractivity contribution >= 4 is 42.0 Å². The number of nitriles is 1. The average Bonchev–Trinajstić information content (AvgIpc) is 3.21. The molecule has 2 aromatic carbocycles. The van der Waals surface area contributed by atoms with Crippen LogP contribution in [0.4, 0.5) is 8.78 Å². The molecule has 1 saturated heterocycles. The van der Waals surface area contributed by atoms with Gasteiger partial charge in [0, 0.05) is 48.5 Å². The van der Waals surface area contributed by atoms with Crippen molar-refractivity contribution in [1.29, 1.82) is 5.26 Å². The zero-order valence-electron chi connectivity index (χ0n) is 19.8. The fraction of sp³-hybridized carbons (Fsp3) is 0.296. The largest absolute Gasteiger partial charge is 0.352 e. The number of alkyl halides is 2. The number of aromatic nitrogens is 1. The standard InChI is InChI=1S/C27H22F2N4O3.H2S/c28-27(29)13-19(14-30)33(15-27)25(35)6-5-24(34)21-8-10-31-23-4-2-17(12-22(21)23)16-1-3-20-18(11-16)7-9-32-26(20)36;/h1-4,8,10-12,19H,5-7,9,13,15H2,(H,32,36);1H2/t19-;/m0./s1. The van der Waals surface area contributed by atoms with E-state index >= 15 is 0 Å². The number of carbonyl (C=O) groups excluding carboxylic acids is 3. The number of nitrogens with zero attached hydrogens (tertiary/aromatic N) is 3. The fourth-order valence-corrected chi connectivity index (χ4v) is 4.87. The average molecular weight is 523 g/mol. The smallest absolute Gasteiger partial charge is 0.268 e. The van der Waals surface area contributed by atoms with Gasteiger partial charge < -0.3 is 10.2 Å². The molecule has 1 N–H and O–H groups in total. The SMILES string of the molecule is N#C[C@@H]1CC(F)(F)CN1C(=O)CCC(=O)c1ccnc2ccc(-c3ccc4c(c3)CCNC4=O)cc12.S. The minimum Gasteiger partial charge on any atom is -0.352 e. The van der Waals surface area contributed by atoms with Crippen molar-refractivity contribution in [3.63, 3.8) is 0 Å². The number of likely N-dealkylation sites (tertiary alicyclic amines) is 1. The molecule has 1 aromatic heterocycles. The Kier molecular flexibility index (Phi) is 7.28. The minimum absolute atomic E-state index is 0. The van der Waals surface area contributed by atoms with E-state index in [1.54, 1.807) is 18.2 Å². The summed E-state index contributed by atoms with van der Waals surface area (Å²) in [5.74, 6) is -4.14. The molecule has 0 aliphatic carbocycles. The number of ketones is 1. The maximum absolute atomic E-state index is 13.7. The summed E-state index contributed by atoms with van der Waals surface area (Å²) in [6.07, 6.45) is 1.13. The first kappa shape index (κ1) is 26.2. The number of hydrogen-bond acceptors (Lipinski definition) is 5. The lowest BCUT2D eigenvalue weighted by Crippen LogP contribution is -2.36. The number of Topliss-reactive ketones (excluding diaryl/α,β-unsaturated/α-hetero) is 1. The van der Waals surface area contributed by atoms with E-state index < -0.39 is 30.8 Å². The molecule has 5 rings (SSSR count). The lowest BCUT2D eigenvalue weighted by Gasteiger charge is -2.19. The molecule has 37 heavy (non-hydrogen) atoms. The van der Waals surface area contributed by atoms with E-state index in [0.29, 0.717) is 28.6 Å². The molecule has 0 bridgehead atoms. The van der Waals surface area contributed by atoms with Crippen molar-refractivity contribution in [2.45, 2.75) is 37.6 Å². The molecular weight excluding hydrogens is 498 g/mol. The molecule has 1 fully saturated rings. The lowest BCUT2D eigenvalue weighted by atomic mass is 9.93. The first-order valence-corrected chi connectivity index (χ1v) is 11.7. The predicted octanol–water partition coefficient (Wildman–Crippen LogP) is 4.02. The molecule has 2 amide bonds. The molecule has 3 heterocycles. The Bertz CT molecular complexity index is 1450. The number of halogens is 2. The third-order valence-corrected chi connectivity index (χ3v) is 6.71. The zero-order chi connectivity index (χ0) is 25.4. The summed E-state index contributed by atoms with van der Waals surface area (Å²) >= 11 is 0. The van der Waals surface area contributed by atoms with Crippen LogP contribution in [-0.2, 0) is 11.2 Å². The van der Waals surface area contributed by atoms with Gasteiger partial charge in [0.1, 0.15) is 6.04 Å². The first-order chi connectivity index (χ1) is 17.3. The Morgan fingerprint density at radius 1 is 1.14 bits per heavy atom. The van der Waals surface area contributed by atoms with Crippen LogP contribution in [0.1, 0.15) is 45.5 Å². The van der Waals surface area contributed by atoms with E-state index in [1.807, 2.05) is 30.3 Å². The van der Waals surface area contributed by atoms with Gasteiger partial charge in [-0.1, -0.05) is 18.2 Å². The molecule has 0 saturated carbocycles.